The Hall–Kier alpha value is -0.610. The first kappa shape index (κ1) is 16.8. The molecule has 0 spiro atoms. The van der Waals surface area contributed by atoms with E-state index >= 15 is 0 Å². The topological polar surface area (TPSA) is 43.8 Å². The molecule has 0 bridgehead atoms. The SMILES string of the molecule is CC(C)CN(C(=O)CN(C)C1CCC(CO)CC1)C1CC1. The van der Waals surface area contributed by atoms with Crippen molar-refractivity contribution in [3.05, 3.63) is 0 Å². The number of nitrogens with zero attached hydrogens (tertiary/aromatic N) is 2. The number of rotatable bonds is 7. The Morgan fingerprint density at radius 1 is 1.10 bits per heavy atom. The Labute approximate surface area is 129 Å². The number of hydrogen-bond acceptors (Lipinski definition) is 3. The molecule has 2 fully saturated rings. The van der Waals surface area contributed by atoms with Crippen LogP contribution in [0.5, 0.6) is 0 Å². The lowest BCUT2D eigenvalue weighted by Gasteiger charge is -2.35. The van der Waals surface area contributed by atoms with Gasteiger partial charge >= 0.3 is 0 Å². The molecule has 4 heteroatoms. The Morgan fingerprint density at radius 3 is 2.14 bits per heavy atom. The van der Waals surface area contributed by atoms with Gasteiger partial charge < -0.3 is 10.0 Å². The summed E-state index contributed by atoms with van der Waals surface area (Å²) in [4.78, 5) is 16.9. The van der Waals surface area contributed by atoms with Gasteiger partial charge in [-0.2, -0.15) is 0 Å². The van der Waals surface area contributed by atoms with Crippen molar-refractivity contribution in [2.75, 3.05) is 26.7 Å². The van der Waals surface area contributed by atoms with Crippen LogP contribution in [0.1, 0.15) is 52.4 Å². The molecular formula is C17H32N2O2. The number of aliphatic hydroxyl groups is 1. The fraction of sp³-hybridized carbons (Fsp3) is 0.941. The zero-order valence-corrected chi connectivity index (χ0v) is 13.9. The van der Waals surface area contributed by atoms with Crippen molar-refractivity contribution in [3.63, 3.8) is 0 Å². The number of amides is 1. The van der Waals surface area contributed by atoms with E-state index < -0.39 is 0 Å². The van der Waals surface area contributed by atoms with Crippen LogP contribution in [-0.4, -0.2) is 59.6 Å². The Kier molecular flexibility index (Phi) is 6.06. The molecule has 0 saturated heterocycles. The Morgan fingerprint density at radius 2 is 1.67 bits per heavy atom. The highest BCUT2D eigenvalue weighted by Crippen LogP contribution is 2.29. The van der Waals surface area contributed by atoms with E-state index in [4.69, 9.17) is 0 Å². The molecule has 21 heavy (non-hydrogen) atoms. The zero-order chi connectivity index (χ0) is 15.4. The minimum absolute atomic E-state index is 0.304. The third-order valence-electron chi connectivity index (χ3n) is 4.95. The van der Waals surface area contributed by atoms with Crippen LogP contribution in [-0.2, 0) is 4.79 Å². The third-order valence-corrected chi connectivity index (χ3v) is 4.95. The average Bonchev–Trinajstić information content (AvgIpc) is 3.29. The van der Waals surface area contributed by atoms with E-state index in [2.05, 4.69) is 30.7 Å². The lowest BCUT2D eigenvalue weighted by Crippen LogP contribution is -2.45. The standard InChI is InChI=1S/C17H32N2O2/c1-13(2)10-19(16-8-9-16)17(21)11-18(3)15-6-4-14(12-20)5-7-15/h13-16,20H,4-12H2,1-3H3. The van der Waals surface area contributed by atoms with E-state index in [1.165, 1.54) is 12.8 Å². The fourth-order valence-corrected chi connectivity index (χ4v) is 3.44. The largest absolute Gasteiger partial charge is 0.396 e. The molecular weight excluding hydrogens is 264 g/mol. The van der Waals surface area contributed by atoms with E-state index in [1.807, 2.05) is 0 Å². The molecule has 0 atom stereocenters. The maximum Gasteiger partial charge on any atom is 0.237 e. The van der Waals surface area contributed by atoms with E-state index in [0.29, 0.717) is 43.0 Å². The van der Waals surface area contributed by atoms with Crippen LogP contribution in [0.4, 0.5) is 0 Å². The van der Waals surface area contributed by atoms with Crippen molar-refractivity contribution in [2.24, 2.45) is 11.8 Å². The smallest absolute Gasteiger partial charge is 0.237 e. The molecule has 0 aliphatic heterocycles. The maximum atomic E-state index is 12.6. The summed E-state index contributed by atoms with van der Waals surface area (Å²) in [6.45, 7) is 6.14. The van der Waals surface area contributed by atoms with Crippen molar-refractivity contribution in [1.82, 2.24) is 9.80 Å². The van der Waals surface area contributed by atoms with Gasteiger partial charge in [-0.1, -0.05) is 13.8 Å². The molecule has 2 aliphatic rings. The van der Waals surface area contributed by atoms with Gasteiger partial charge in [-0.05, 0) is 57.4 Å². The fourth-order valence-electron chi connectivity index (χ4n) is 3.44. The number of carbonyl (C=O) groups excluding carboxylic acids is 1. The summed E-state index contributed by atoms with van der Waals surface area (Å²) in [7, 11) is 2.09. The van der Waals surface area contributed by atoms with Gasteiger partial charge in [0.15, 0.2) is 0 Å². The van der Waals surface area contributed by atoms with Crippen LogP contribution in [0, 0.1) is 11.8 Å². The van der Waals surface area contributed by atoms with Crippen molar-refractivity contribution in [1.29, 1.82) is 0 Å². The van der Waals surface area contributed by atoms with Crippen LogP contribution in [0.2, 0.25) is 0 Å². The first-order valence-electron chi connectivity index (χ1n) is 8.61. The number of carbonyl (C=O) groups is 1. The zero-order valence-electron chi connectivity index (χ0n) is 13.9. The van der Waals surface area contributed by atoms with E-state index in [0.717, 1.165) is 32.2 Å². The second-order valence-corrected chi connectivity index (χ2v) is 7.44. The summed E-state index contributed by atoms with van der Waals surface area (Å²) in [5, 5.41) is 9.21. The first-order valence-corrected chi connectivity index (χ1v) is 8.61. The van der Waals surface area contributed by atoms with Crippen LogP contribution in [0.25, 0.3) is 0 Å². The van der Waals surface area contributed by atoms with E-state index in [-0.39, 0.29) is 0 Å². The summed E-state index contributed by atoms with van der Waals surface area (Å²) < 4.78 is 0. The number of aliphatic hydroxyl groups excluding tert-OH is 1. The summed E-state index contributed by atoms with van der Waals surface area (Å²) in [5.74, 6) is 1.33. The first-order chi connectivity index (χ1) is 10.0. The molecule has 1 N–H and O–H groups in total. The predicted molar refractivity (Wildman–Crippen MR) is 85.0 cm³/mol. The normalized spacial score (nSPS) is 26.4. The second kappa shape index (κ2) is 7.59. The average molecular weight is 296 g/mol. The minimum atomic E-state index is 0.304. The van der Waals surface area contributed by atoms with Crippen LogP contribution >= 0.6 is 0 Å². The Balaban J connectivity index is 1.80. The lowest BCUT2D eigenvalue weighted by molar-refractivity contribution is -0.134. The van der Waals surface area contributed by atoms with Crippen molar-refractivity contribution < 1.29 is 9.90 Å². The molecule has 4 nitrogen and oxygen atoms in total. The summed E-state index contributed by atoms with van der Waals surface area (Å²) in [5.41, 5.74) is 0. The monoisotopic (exact) mass is 296 g/mol. The molecule has 2 aliphatic carbocycles. The van der Waals surface area contributed by atoms with Gasteiger partial charge in [-0.15, -0.1) is 0 Å². The molecule has 0 heterocycles. The Bertz CT molecular complexity index is 334. The van der Waals surface area contributed by atoms with Gasteiger partial charge in [0.1, 0.15) is 0 Å². The van der Waals surface area contributed by atoms with Gasteiger partial charge in [0.25, 0.3) is 0 Å². The van der Waals surface area contributed by atoms with E-state index in [9.17, 15) is 9.90 Å². The summed E-state index contributed by atoms with van der Waals surface area (Å²) >= 11 is 0. The highest BCUT2D eigenvalue weighted by atomic mass is 16.3. The molecule has 122 valence electrons. The van der Waals surface area contributed by atoms with Crippen LogP contribution < -0.4 is 0 Å². The van der Waals surface area contributed by atoms with Gasteiger partial charge in [-0.25, -0.2) is 0 Å². The van der Waals surface area contributed by atoms with Crippen molar-refractivity contribution >= 4 is 5.91 Å². The van der Waals surface area contributed by atoms with Gasteiger partial charge in [-0.3, -0.25) is 9.69 Å². The molecule has 0 aromatic heterocycles. The third kappa shape index (κ3) is 4.96. The highest BCUT2D eigenvalue weighted by Gasteiger charge is 2.34. The van der Waals surface area contributed by atoms with Crippen molar-refractivity contribution in [2.45, 2.75) is 64.5 Å². The van der Waals surface area contributed by atoms with Crippen LogP contribution in [0.15, 0.2) is 0 Å². The predicted octanol–water partition coefficient (Wildman–Crippen LogP) is 2.12. The highest BCUT2D eigenvalue weighted by molar-refractivity contribution is 5.79. The van der Waals surface area contributed by atoms with Gasteiger partial charge in [0.2, 0.25) is 5.91 Å². The maximum absolute atomic E-state index is 12.6. The van der Waals surface area contributed by atoms with E-state index in [1.54, 1.807) is 0 Å². The molecule has 0 unspecified atom stereocenters. The molecule has 1 amide bonds. The summed E-state index contributed by atoms with van der Waals surface area (Å²) in [6.07, 6.45) is 6.79. The quantitative estimate of drug-likeness (QED) is 0.782. The van der Waals surface area contributed by atoms with Gasteiger partial charge in [0.05, 0.1) is 6.54 Å². The molecule has 2 rings (SSSR count). The second-order valence-electron chi connectivity index (χ2n) is 7.44. The molecule has 2 saturated carbocycles. The minimum Gasteiger partial charge on any atom is -0.396 e. The summed E-state index contributed by atoms with van der Waals surface area (Å²) in [6, 6.07) is 1.02. The molecule has 0 aromatic carbocycles. The molecule has 0 radical (unpaired) electrons. The van der Waals surface area contributed by atoms with Crippen molar-refractivity contribution in [3.8, 4) is 0 Å². The van der Waals surface area contributed by atoms with Crippen LogP contribution in [0.3, 0.4) is 0 Å². The van der Waals surface area contributed by atoms with Gasteiger partial charge in [0, 0.05) is 25.2 Å². The molecule has 0 aromatic rings. The number of likely N-dealkylation sites (N-methyl/N-ethyl adjacent to an activating group) is 1. The number of hydrogen-bond donors (Lipinski definition) is 1. The lowest BCUT2D eigenvalue weighted by atomic mass is 9.86.